The van der Waals surface area contributed by atoms with Crippen LogP contribution >= 0.6 is 11.6 Å². The van der Waals surface area contributed by atoms with Crippen molar-refractivity contribution in [3.05, 3.63) is 87.0 Å². The van der Waals surface area contributed by atoms with Crippen LogP contribution in [0.25, 0.3) is 11.1 Å². The highest BCUT2D eigenvalue weighted by Gasteiger charge is 2.24. The molecule has 3 N–H and O–H groups in total. The number of amides is 1. The second-order valence-corrected chi connectivity index (χ2v) is 9.62. The van der Waals surface area contributed by atoms with Crippen molar-refractivity contribution in [3.63, 3.8) is 0 Å². The molecule has 0 bridgehead atoms. The second kappa shape index (κ2) is 11.1. The maximum atomic E-state index is 15.3. The normalized spacial score (nSPS) is 14.7. The van der Waals surface area contributed by atoms with Gasteiger partial charge in [0.1, 0.15) is 11.6 Å². The molecule has 1 aliphatic rings. The van der Waals surface area contributed by atoms with E-state index >= 15 is 4.39 Å². The van der Waals surface area contributed by atoms with Gasteiger partial charge in [0.15, 0.2) is 12.1 Å². The van der Waals surface area contributed by atoms with E-state index in [1.165, 1.54) is 10.7 Å². The number of rotatable bonds is 8. The Bertz CT molecular complexity index is 1630. The first-order valence-electron chi connectivity index (χ1n) is 12.5. The molecular weight excluding hydrogens is 544 g/mol. The molecule has 13 heteroatoms. The highest BCUT2D eigenvalue weighted by Crippen LogP contribution is 2.32. The van der Waals surface area contributed by atoms with Gasteiger partial charge in [-0.2, -0.15) is 0 Å². The molecule has 40 heavy (non-hydrogen) atoms. The van der Waals surface area contributed by atoms with Gasteiger partial charge in [0.05, 0.1) is 22.6 Å². The van der Waals surface area contributed by atoms with Crippen LogP contribution in [0.5, 0.6) is 0 Å². The average Bonchev–Trinajstić information content (AvgIpc) is 3.63. The Morgan fingerprint density at radius 2 is 1.98 bits per heavy atom. The van der Waals surface area contributed by atoms with E-state index in [0.717, 1.165) is 6.07 Å². The molecule has 208 valence electrons. The summed E-state index contributed by atoms with van der Waals surface area (Å²) in [4.78, 5) is 26.6. The fourth-order valence-electron chi connectivity index (χ4n) is 4.17. The fourth-order valence-corrected chi connectivity index (χ4v) is 4.38. The van der Waals surface area contributed by atoms with Crippen LogP contribution in [0.2, 0.25) is 5.02 Å². The lowest BCUT2D eigenvalue weighted by Gasteiger charge is -2.14. The van der Waals surface area contributed by atoms with E-state index in [1.807, 2.05) is 6.92 Å². The molecule has 3 heterocycles. The molecule has 0 spiro atoms. The largest absolute Gasteiger partial charge is 0.351 e. The standard InChI is InChI=1S/C27H26ClF2N7O3/c1-5-19-11-23(40-35-19)26(38)34-37-14(3)13(2)32-27(37)31-12-17-7-6-16(8-21(17)29)20-9-18(28)10-22(30)24(20)25-33-15(4)39-36-25/h6-11,15H,5,12H2,1-4H3,(H,31,32)(H,33,36)(H,34,38). The van der Waals surface area contributed by atoms with Gasteiger partial charge in [-0.05, 0) is 56.5 Å². The smallest absolute Gasteiger partial charge is 0.308 e. The molecule has 10 nitrogen and oxygen atoms in total. The number of nitrogens with zero attached hydrogens (tertiary/aromatic N) is 4. The van der Waals surface area contributed by atoms with Crippen molar-refractivity contribution in [3.8, 4) is 11.1 Å². The number of benzene rings is 2. The highest BCUT2D eigenvalue weighted by molar-refractivity contribution is 6.31. The maximum Gasteiger partial charge on any atom is 0.308 e. The number of aryl methyl sites for hydroxylation is 2. The number of carbonyl (C=O) groups excluding carboxylic acids is 1. The third-order valence-corrected chi connectivity index (χ3v) is 6.65. The van der Waals surface area contributed by atoms with Crippen molar-refractivity contribution in [2.24, 2.45) is 4.99 Å². The number of carbonyl (C=O) groups is 1. The summed E-state index contributed by atoms with van der Waals surface area (Å²) in [6.07, 6.45) is 0.126. The number of hydroxylamine groups is 1. The molecule has 1 aliphatic heterocycles. The summed E-state index contributed by atoms with van der Waals surface area (Å²) in [5.41, 5.74) is 8.55. The minimum absolute atomic E-state index is 0.0521. The zero-order valence-corrected chi connectivity index (χ0v) is 22.9. The average molecular weight is 570 g/mol. The fraction of sp³-hybridized carbons (Fsp3) is 0.259. The third kappa shape index (κ3) is 5.40. The molecule has 1 atom stereocenters. The number of nitrogens with one attached hydrogen (secondary N) is 3. The number of amidine groups is 1. The summed E-state index contributed by atoms with van der Waals surface area (Å²) in [5, 5.41) is 7.07. The zero-order valence-electron chi connectivity index (χ0n) is 22.1. The van der Waals surface area contributed by atoms with E-state index < -0.39 is 23.8 Å². The number of imidazole rings is 1. The zero-order chi connectivity index (χ0) is 28.6. The van der Waals surface area contributed by atoms with Crippen molar-refractivity contribution in [1.82, 2.24) is 20.3 Å². The topological polar surface area (TPSA) is 119 Å². The Labute approximate surface area is 233 Å². The van der Waals surface area contributed by atoms with Crippen LogP contribution in [0.3, 0.4) is 0 Å². The Morgan fingerprint density at radius 3 is 2.65 bits per heavy atom. The molecule has 0 aliphatic carbocycles. The van der Waals surface area contributed by atoms with Crippen molar-refractivity contribution in [2.45, 2.75) is 46.9 Å². The van der Waals surface area contributed by atoms with E-state index in [1.54, 1.807) is 45.0 Å². The highest BCUT2D eigenvalue weighted by atomic mass is 35.5. The number of anilines is 1. The van der Waals surface area contributed by atoms with Crippen LogP contribution in [0, 0.1) is 25.5 Å². The number of aliphatic imine (C=N–C) groups is 1. The first-order valence-corrected chi connectivity index (χ1v) is 12.9. The first kappa shape index (κ1) is 27.3. The van der Waals surface area contributed by atoms with E-state index in [9.17, 15) is 9.18 Å². The molecule has 2 aromatic carbocycles. The van der Waals surface area contributed by atoms with Crippen LogP contribution in [-0.2, 0) is 17.8 Å². The van der Waals surface area contributed by atoms with Gasteiger partial charge in [0, 0.05) is 23.2 Å². The van der Waals surface area contributed by atoms with Gasteiger partial charge < -0.3 is 9.84 Å². The monoisotopic (exact) mass is 569 g/mol. The van der Waals surface area contributed by atoms with Gasteiger partial charge >= 0.3 is 5.91 Å². The summed E-state index contributed by atoms with van der Waals surface area (Å²) in [6, 6.07) is 8.81. The summed E-state index contributed by atoms with van der Waals surface area (Å²) >= 11 is 6.13. The van der Waals surface area contributed by atoms with Crippen LogP contribution in [0.15, 0.2) is 45.9 Å². The molecular formula is C27H26ClF2N7O3. The Hall–Kier alpha value is -4.29. The van der Waals surface area contributed by atoms with E-state index in [4.69, 9.17) is 21.0 Å². The first-order chi connectivity index (χ1) is 19.1. The molecule has 5 rings (SSSR count). The molecule has 0 saturated carbocycles. The van der Waals surface area contributed by atoms with Crippen molar-refractivity contribution in [2.75, 3.05) is 10.7 Å². The molecule has 1 amide bonds. The summed E-state index contributed by atoms with van der Waals surface area (Å²) in [7, 11) is 0. The Balaban J connectivity index is 1.38. The lowest BCUT2D eigenvalue weighted by atomic mass is 9.97. The molecule has 0 fully saturated rings. The van der Waals surface area contributed by atoms with Crippen LogP contribution in [0.1, 0.15) is 52.6 Å². The Kier molecular flexibility index (Phi) is 7.55. The van der Waals surface area contributed by atoms with Gasteiger partial charge in [-0.15, -0.1) is 0 Å². The number of aromatic nitrogens is 3. The van der Waals surface area contributed by atoms with Crippen LogP contribution in [0.4, 0.5) is 14.7 Å². The minimum Gasteiger partial charge on any atom is -0.351 e. The predicted octanol–water partition coefficient (Wildman–Crippen LogP) is 5.27. The van der Waals surface area contributed by atoms with Gasteiger partial charge in [-0.3, -0.25) is 10.2 Å². The van der Waals surface area contributed by atoms with Crippen LogP contribution in [-0.4, -0.2) is 32.8 Å². The summed E-state index contributed by atoms with van der Waals surface area (Å²) < 4.78 is 36.8. The van der Waals surface area contributed by atoms with E-state index in [0.29, 0.717) is 46.1 Å². The minimum atomic E-state index is -0.617. The predicted molar refractivity (Wildman–Crippen MR) is 146 cm³/mol. The van der Waals surface area contributed by atoms with Gasteiger partial charge in [-0.25, -0.2) is 33.8 Å². The maximum absolute atomic E-state index is 15.3. The number of hydrogen-bond donors (Lipinski definition) is 3. The van der Waals surface area contributed by atoms with Crippen molar-refractivity contribution >= 4 is 29.3 Å². The second-order valence-electron chi connectivity index (χ2n) is 9.19. The SMILES string of the molecule is CCc1cc(C(=O)Nn2c(NCc3ccc(-c4cc(Cl)cc(F)c4C4=NC(C)ON4)cc3F)nc(C)c2C)on1. The molecule has 0 radical (unpaired) electrons. The summed E-state index contributed by atoms with van der Waals surface area (Å²) in [5.74, 6) is -1.09. The Morgan fingerprint density at radius 1 is 1.18 bits per heavy atom. The van der Waals surface area contributed by atoms with E-state index in [2.05, 4.69) is 31.4 Å². The van der Waals surface area contributed by atoms with Gasteiger partial charge in [0.2, 0.25) is 11.7 Å². The van der Waals surface area contributed by atoms with Crippen LogP contribution < -0.4 is 16.2 Å². The van der Waals surface area contributed by atoms with Crippen molar-refractivity contribution in [1.29, 1.82) is 0 Å². The van der Waals surface area contributed by atoms with Crippen molar-refractivity contribution < 1.29 is 22.9 Å². The lowest BCUT2D eigenvalue weighted by Crippen LogP contribution is -2.25. The molecule has 0 saturated heterocycles. The number of halogens is 3. The van der Waals surface area contributed by atoms with Gasteiger partial charge in [0.25, 0.3) is 0 Å². The summed E-state index contributed by atoms with van der Waals surface area (Å²) in [6.45, 7) is 7.23. The molecule has 2 aromatic heterocycles. The third-order valence-electron chi connectivity index (χ3n) is 6.43. The quantitative estimate of drug-likeness (QED) is 0.264. The number of hydrogen-bond acceptors (Lipinski definition) is 8. The lowest BCUT2D eigenvalue weighted by molar-refractivity contribution is 0.0503. The van der Waals surface area contributed by atoms with Gasteiger partial charge in [-0.1, -0.05) is 35.8 Å². The van der Waals surface area contributed by atoms with E-state index in [-0.39, 0.29) is 28.7 Å². The molecule has 1 unspecified atom stereocenters. The molecule has 4 aromatic rings.